The van der Waals surface area contributed by atoms with Crippen molar-refractivity contribution in [1.29, 1.82) is 0 Å². The van der Waals surface area contributed by atoms with Gasteiger partial charge < -0.3 is 20.5 Å². The van der Waals surface area contributed by atoms with Crippen LogP contribution in [-0.4, -0.2) is 32.3 Å². The van der Waals surface area contributed by atoms with Gasteiger partial charge in [0.2, 0.25) is 0 Å². The Morgan fingerprint density at radius 2 is 2.10 bits per heavy atom. The molecule has 1 amide bonds. The Kier molecular flexibility index (Phi) is 7.50. The molecule has 0 aliphatic heterocycles. The molecule has 1 aromatic carbocycles. The summed E-state index contributed by atoms with van der Waals surface area (Å²) >= 11 is 0. The molecule has 1 aromatic rings. The number of amides is 1. The minimum absolute atomic E-state index is 0.170. The quantitative estimate of drug-likeness (QED) is 0.537. The summed E-state index contributed by atoms with van der Waals surface area (Å²) in [4.78, 5) is 12.1. The SMILES string of the molecule is CCCOCCCNC(=O)c1cccc(N)c1OCC. The van der Waals surface area contributed by atoms with Gasteiger partial charge in [-0.3, -0.25) is 4.79 Å². The molecule has 0 spiro atoms. The number of hydrogen-bond acceptors (Lipinski definition) is 4. The maximum Gasteiger partial charge on any atom is 0.255 e. The number of anilines is 1. The molecule has 0 fully saturated rings. The Morgan fingerprint density at radius 1 is 1.30 bits per heavy atom. The molecule has 0 bridgehead atoms. The average Bonchev–Trinajstić information content (AvgIpc) is 2.45. The smallest absolute Gasteiger partial charge is 0.255 e. The van der Waals surface area contributed by atoms with Crippen molar-refractivity contribution in [2.75, 3.05) is 32.1 Å². The summed E-state index contributed by atoms with van der Waals surface area (Å²) in [5.41, 5.74) is 6.78. The number of nitrogens with two attached hydrogens (primary N) is 1. The highest BCUT2D eigenvalue weighted by Gasteiger charge is 2.14. The van der Waals surface area contributed by atoms with Gasteiger partial charge in [-0.05, 0) is 31.9 Å². The Hall–Kier alpha value is -1.75. The lowest BCUT2D eigenvalue weighted by atomic mass is 10.1. The second kappa shape index (κ2) is 9.20. The predicted molar refractivity (Wildman–Crippen MR) is 80.1 cm³/mol. The van der Waals surface area contributed by atoms with E-state index in [9.17, 15) is 4.79 Å². The lowest BCUT2D eigenvalue weighted by Gasteiger charge is -2.12. The molecule has 5 heteroatoms. The first-order valence-electron chi connectivity index (χ1n) is 7.07. The van der Waals surface area contributed by atoms with E-state index in [4.69, 9.17) is 15.2 Å². The Bertz CT molecular complexity index is 422. The van der Waals surface area contributed by atoms with Crippen LogP contribution in [0, 0.1) is 0 Å². The van der Waals surface area contributed by atoms with E-state index in [0.29, 0.717) is 36.8 Å². The summed E-state index contributed by atoms with van der Waals surface area (Å²) in [6.07, 6.45) is 1.80. The Morgan fingerprint density at radius 3 is 2.80 bits per heavy atom. The Labute approximate surface area is 120 Å². The van der Waals surface area contributed by atoms with Gasteiger partial charge in [-0.15, -0.1) is 0 Å². The van der Waals surface area contributed by atoms with Gasteiger partial charge in [0.25, 0.3) is 5.91 Å². The maximum atomic E-state index is 12.1. The number of carbonyl (C=O) groups is 1. The second-order valence-electron chi connectivity index (χ2n) is 4.38. The standard InChI is InChI=1S/C15H24N2O3/c1-3-10-19-11-6-9-17-15(18)12-7-5-8-13(16)14(12)20-4-2/h5,7-8H,3-4,6,9-11,16H2,1-2H3,(H,17,18). The summed E-state index contributed by atoms with van der Waals surface area (Å²) in [6, 6.07) is 5.18. The molecular formula is C15H24N2O3. The van der Waals surface area contributed by atoms with E-state index in [0.717, 1.165) is 19.4 Å². The number of para-hydroxylation sites is 1. The van der Waals surface area contributed by atoms with Crippen LogP contribution in [-0.2, 0) is 4.74 Å². The lowest BCUT2D eigenvalue weighted by Crippen LogP contribution is -2.26. The van der Waals surface area contributed by atoms with Crippen molar-refractivity contribution in [2.45, 2.75) is 26.7 Å². The second-order valence-corrected chi connectivity index (χ2v) is 4.38. The average molecular weight is 280 g/mol. The van der Waals surface area contributed by atoms with Gasteiger partial charge >= 0.3 is 0 Å². The van der Waals surface area contributed by atoms with Crippen molar-refractivity contribution in [3.63, 3.8) is 0 Å². The number of nitrogens with one attached hydrogen (secondary N) is 1. The van der Waals surface area contributed by atoms with Crippen LogP contribution in [0.4, 0.5) is 5.69 Å². The number of hydrogen-bond donors (Lipinski definition) is 2. The minimum Gasteiger partial charge on any atom is -0.491 e. The fraction of sp³-hybridized carbons (Fsp3) is 0.533. The van der Waals surface area contributed by atoms with Crippen LogP contribution in [0.2, 0.25) is 0 Å². The van der Waals surface area contributed by atoms with E-state index in [1.165, 1.54) is 0 Å². The zero-order chi connectivity index (χ0) is 14.8. The van der Waals surface area contributed by atoms with Gasteiger partial charge in [0.05, 0.1) is 17.9 Å². The van der Waals surface area contributed by atoms with Gasteiger partial charge in [-0.1, -0.05) is 13.0 Å². The van der Waals surface area contributed by atoms with Crippen molar-refractivity contribution in [3.05, 3.63) is 23.8 Å². The summed E-state index contributed by atoms with van der Waals surface area (Å²) in [5.74, 6) is 0.283. The molecule has 0 aliphatic rings. The molecule has 0 saturated carbocycles. The van der Waals surface area contributed by atoms with Crippen molar-refractivity contribution < 1.29 is 14.3 Å². The van der Waals surface area contributed by atoms with E-state index >= 15 is 0 Å². The highest BCUT2D eigenvalue weighted by Crippen LogP contribution is 2.26. The van der Waals surface area contributed by atoms with Crippen molar-refractivity contribution in [1.82, 2.24) is 5.32 Å². The number of rotatable bonds is 9. The molecule has 0 heterocycles. The van der Waals surface area contributed by atoms with Gasteiger partial charge in [0.15, 0.2) is 5.75 Å². The number of benzene rings is 1. The van der Waals surface area contributed by atoms with E-state index in [-0.39, 0.29) is 5.91 Å². The molecule has 0 aliphatic carbocycles. The first-order valence-corrected chi connectivity index (χ1v) is 7.07. The zero-order valence-electron chi connectivity index (χ0n) is 12.3. The highest BCUT2D eigenvalue weighted by atomic mass is 16.5. The van der Waals surface area contributed by atoms with Gasteiger partial charge in [0.1, 0.15) is 0 Å². The molecule has 0 atom stereocenters. The molecular weight excluding hydrogens is 256 g/mol. The van der Waals surface area contributed by atoms with E-state index in [2.05, 4.69) is 12.2 Å². The molecule has 20 heavy (non-hydrogen) atoms. The lowest BCUT2D eigenvalue weighted by molar-refractivity contribution is 0.0938. The zero-order valence-corrected chi connectivity index (χ0v) is 12.3. The van der Waals surface area contributed by atoms with E-state index in [1.54, 1.807) is 18.2 Å². The van der Waals surface area contributed by atoms with Crippen molar-refractivity contribution in [2.24, 2.45) is 0 Å². The molecule has 0 saturated heterocycles. The van der Waals surface area contributed by atoms with E-state index in [1.807, 2.05) is 6.92 Å². The minimum atomic E-state index is -0.170. The van der Waals surface area contributed by atoms with Crippen LogP contribution in [0.1, 0.15) is 37.0 Å². The van der Waals surface area contributed by atoms with Crippen molar-refractivity contribution in [3.8, 4) is 5.75 Å². The summed E-state index contributed by atoms with van der Waals surface area (Å²) in [7, 11) is 0. The summed E-state index contributed by atoms with van der Waals surface area (Å²) < 4.78 is 10.8. The van der Waals surface area contributed by atoms with Crippen LogP contribution in [0.3, 0.4) is 0 Å². The molecule has 112 valence electrons. The third kappa shape index (κ3) is 5.09. The first kappa shape index (κ1) is 16.3. The van der Waals surface area contributed by atoms with Crippen LogP contribution in [0.25, 0.3) is 0 Å². The molecule has 3 N–H and O–H groups in total. The summed E-state index contributed by atoms with van der Waals surface area (Å²) in [5, 5.41) is 2.85. The monoisotopic (exact) mass is 280 g/mol. The molecule has 0 unspecified atom stereocenters. The first-order chi connectivity index (χ1) is 9.70. The molecule has 1 rings (SSSR count). The normalized spacial score (nSPS) is 10.3. The number of ether oxygens (including phenoxy) is 2. The highest BCUT2D eigenvalue weighted by molar-refractivity contribution is 5.98. The largest absolute Gasteiger partial charge is 0.491 e. The maximum absolute atomic E-state index is 12.1. The third-order valence-corrected chi connectivity index (χ3v) is 2.68. The van der Waals surface area contributed by atoms with Gasteiger partial charge in [-0.2, -0.15) is 0 Å². The third-order valence-electron chi connectivity index (χ3n) is 2.68. The van der Waals surface area contributed by atoms with Gasteiger partial charge in [0, 0.05) is 19.8 Å². The van der Waals surface area contributed by atoms with E-state index < -0.39 is 0 Å². The number of carbonyl (C=O) groups excluding carboxylic acids is 1. The van der Waals surface area contributed by atoms with Crippen LogP contribution >= 0.6 is 0 Å². The van der Waals surface area contributed by atoms with Gasteiger partial charge in [-0.25, -0.2) is 0 Å². The van der Waals surface area contributed by atoms with Crippen molar-refractivity contribution >= 4 is 11.6 Å². The van der Waals surface area contributed by atoms with Crippen LogP contribution < -0.4 is 15.8 Å². The Balaban J connectivity index is 2.49. The fourth-order valence-electron chi connectivity index (χ4n) is 1.76. The predicted octanol–water partition coefficient (Wildman–Crippen LogP) is 2.21. The molecule has 5 nitrogen and oxygen atoms in total. The molecule has 0 radical (unpaired) electrons. The van der Waals surface area contributed by atoms with Crippen LogP contribution in [0.5, 0.6) is 5.75 Å². The summed E-state index contributed by atoms with van der Waals surface area (Å²) in [6.45, 7) is 6.39. The topological polar surface area (TPSA) is 73.6 Å². The van der Waals surface area contributed by atoms with Crippen LogP contribution in [0.15, 0.2) is 18.2 Å². The fourth-order valence-corrected chi connectivity index (χ4v) is 1.76. The number of nitrogen functional groups attached to an aromatic ring is 1. The molecule has 0 aromatic heterocycles.